The van der Waals surface area contributed by atoms with Crippen molar-refractivity contribution in [3.63, 3.8) is 0 Å². The molecule has 0 aliphatic heterocycles. The van der Waals surface area contributed by atoms with Gasteiger partial charge in [-0.2, -0.15) is 0 Å². The van der Waals surface area contributed by atoms with Crippen LogP contribution >= 0.6 is 0 Å². The predicted octanol–water partition coefficient (Wildman–Crippen LogP) is 1.51. The molecule has 6 heteroatoms. The molecule has 1 aromatic rings. The fraction of sp³-hybridized carbons (Fsp3) is 0.600. The van der Waals surface area contributed by atoms with E-state index in [1.165, 1.54) is 6.07 Å². The van der Waals surface area contributed by atoms with Crippen molar-refractivity contribution in [3.05, 3.63) is 29.6 Å². The zero-order valence-corrected chi connectivity index (χ0v) is 12.8. The summed E-state index contributed by atoms with van der Waals surface area (Å²) >= 11 is 0. The summed E-state index contributed by atoms with van der Waals surface area (Å²) in [6, 6.07) is 4.61. The normalized spacial score (nSPS) is 14.0. The van der Waals surface area contributed by atoms with Crippen LogP contribution in [0.1, 0.15) is 18.5 Å². The highest BCUT2D eigenvalue weighted by Gasteiger charge is 2.11. The van der Waals surface area contributed by atoms with Crippen LogP contribution in [0.3, 0.4) is 0 Å². The third-order valence-corrected chi connectivity index (χ3v) is 3.06. The highest BCUT2D eigenvalue weighted by atomic mass is 19.1. The molecular formula is C15H24FNO4. The SMILES string of the molecule is CNC(C)c1ccc(OCC(O)COCCOC)cc1F. The van der Waals surface area contributed by atoms with Crippen molar-refractivity contribution in [1.82, 2.24) is 5.32 Å². The molecule has 1 aromatic carbocycles. The van der Waals surface area contributed by atoms with E-state index in [2.05, 4.69) is 5.32 Å². The average molecular weight is 301 g/mol. The fourth-order valence-corrected chi connectivity index (χ4v) is 1.71. The largest absolute Gasteiger partial charge is 0.491 e. The summed E-state index contributed by atoms with van der Waals surface area (Å²) in [5.74, 6) is 0.0516. The van der Waals surface area contributed by atoms with Crippen molar-refractivity contribution < 1.29 is 23.7 Å². The van der Waals surface area contributed by atoms with Crippen molar-refractivity contribution >= 4 is 0 Å². The smallest absolute Gasteiger partial charge is 0.131 e. The van der Waals surface area contributed by atoms with E-state index in [1.54, 1.807) is 26.3 Å². The molecule has 21 heavy (non-hydrogen) atoms. The van der Waals surface area contributed by atoms with E-state index < -0.39 is 6.10 Å². The number of hydrogen-bond acceptors (Lipinski definition) is 5. The van der Waals surface area contributed by atoms with E-state index in [0.29, 0.717) is 24.5 Å². The Morgan fingerprint density at radius 2 is 2.05 bits per heavy atom. The Bertz CT molecular complexity index is 417. The van der Waals surface area contributed by atoms with Gasteiger partial charge in [0, 0.05) is 24.8 Å². The van der Waals surface area contributed by atoms with E-state index in [1.807, 2.05) is 6.92 Å². The number of halogens is 1. The van der Waals surface area contributed by atoms with Gasteiger partial charge in [-0.3, -0.25) is 0 Å². The van der Waals surface area contributed by atoms with Crippen LogP contribution in [-0.2, 0) is 9.47 Å². The molecule has 5 nitrogen and oxygen atoms in total. The zero-order valence-electron chi connectivity index (χ0n) is 12.8. The van der Waals surface area contributed by atoms with E-state index in [0.717, 1.165) is 0 Å². The van der Waals surface area contributed by atoms with Crippen molar-refractivity contribution in [1.29, 1.82) is 0 Å². The molecule has 0 saturated heterocycles. The number of nitrogens with one attached hydrogen (secondary N) is 1. The first kappa shape index (κ1) is 17.8. The van der Waals surface area contributed by atoms with E-state index >= 15 is 0 Å². The van der Waals surface area contributed by atoms with Gasteiger partial charge in [-0.1, -0.05) is 6.07 Å². The highest BCUT2D eigenvalue weighted by molar-refractivity contribution is 5.30. The molecule has 2 unspecified atom stereocenters. The monoisotopic (exact) mass is 301 g/mol. The Morgan fingerprint density at radius 1 is 1.29 bits per heavy atom. The molecule has 0 amide bonds. The standard InChI is InChI=1S/C15H24FNO4/c1-11(17-2)14-5-4-13(8-15(14)16)21-10-12(18)9-20-7-6-19-3/h4-5,8,11-12,17-18H,6-7,9-10H2,1-3H3. The summed E-state index contributed by atoms with van der Waals surface area (Å²) in [4.78, 5) is 0. The van der Waals surface area contributed by atoms with Gasteiger partial charge < -0.3 is 24.6 Å². The molecular weight excluding hydrogens is 277 g/mol. The molecule has 120 valence electrons. The van der Waals surface area contributed by atoms with Crippen LogP contribution in [0.25, 0.3) is 0 Å². The molecule has 0 spiro atoms. The number of aliphatic hydroxyl groups is 1. The minimum Gasteiger partial charge on any atom is -0.491 e. The first-order valence-electron chi connectivity index (χ1n) is 6.92. The second-order valence-electron chi connectivity index (χ2n) is 4.73. The number of aliphatic hydroxyl groups excluding tert-OH is 1. The summed E-state index contributed by atoms with van der Waals surface area (Å²) in [7, 11) is 3.35. The molecule has 0 aliphatic rings. The third-order valence-electron chi connectivity index (χ3n) is 3.06. The van der Waals surface area contributed by atoms with Crippen LogP contribution in [0.5, 0.6) is 5.75 Å². The van der Waals surface area contributed by atoms with Gasteiger partial charge >= 0.3 is 0 Å². The first-order chi connectivity index (χ1) is 10.1. The van der Waals surface area contributed by atoms with Crippen molar-refractivity contribution in [2.24, 2.45) is 0 Å². The lowest BCUT2D eigenvalue weighted by molar-refractivity contribution is -0.00423. The molecule has 0 fully saturated rings. The highest BCUT2D eigenvalue weighted by Crippen LogP contribution is 2.21. The minimum atomic E-state index is -0.763. The maximum absolute atomic E-state index is 13.9. The van der Waals surface area contributed by atoms with Crippen LogP contribution in [0, 0.1) is 5.82 Å². The van der Waals surface area contributed by atoms with Crippen molar-refractivity contribution in [3.8, 4) is 5.75 Å². The van der Waals surface area contributed by atoms with Gasteiger partial charge in [-0.05, 0) is 20.0 Å². The Balaban J connectivity index is 2.40. The lowest BCUT2D eigenvalue weighted by Crippen LogP contribution is -2.24. The molecule has 0 heterocycles. The number of methoxy groups -OCH3 is 1. The number of rotatable bonds is 10. The second-order valence-corrected chi connectivity index (χ2v) is 4.73. The van der Waals surface area contributed by atoms with Crippen LogP contribution < -0.4 is 10.1 Å². The van der Waals surface area contributed by atoms with Crippen LogP contribution in [-0.4, -0.2) is 51.8 Å². The quantitative estimate of drug-likeness (QED) is 0.642. The molecule has 2 atom stereocenters. The van der Waals surface area contributed by atoms with E-state index in [4.69, 9.17) is 14.2 Å². The summed E-state index contributed by atoms with van der Waals surface area (Å²) in [6.07, 6.45) is -0.763. The Morgan fingerprint density at radius 3 is 2.67 bits per heavy atom. The summed E-state index contributed by atoms with van der Waals surface area (Å²) in [5.41, 5.74) is 0.577. The molecule has 0 bridgehead atoms. The third kappa shape index (κ3) is 6.39. The average Bonchev–Trinajstić information content (AvgIpc) is 2.49. The minimum absolute atomic E-state index is 0.0490. The molecule has 0 aliphatic carbocycles. The van der Waals surface area contributed by atoms with Gasteiger partial charge in [-0.15, -0.1) is 0 Å². The van der Waals surface area contributed by atoms with Gasteiger partial charge in [0.15, 0.2) is 0 Å². The molecule has 2 N–H and O–H groups in total. The molecule has 1 rings (SSSR count). The fourth-order valence-electron chi connectivity index (χ4n) is 1.71. The zero-order chi connectivity index (χ0) is 15.7. The first-order valence-corrected chi connectivity index (χ1v) is 6.92. The van der Waals surface area contributed by atoms with Gasteiger partial charge in [0.2, 0.25) is 0 Å². The Hall–Kier alpha value is -1.21. The van der Waals surface area contributed by atoms with Gasteiger partial charge in [-0.25, -0.2) is 4.39 Å². The van der Waals surface area contributed by atoms with Crippen LogP contribution in [0.15, 0.2) is 18.2 Å². The van der Waals surface area contributed by atoms with Crippen LogP contribution in [0.2, 0.25) is 0 Å². The summed E-state index contributed by atoms with van der Waals surface area (Å²) in [5, 5.41) is 12.6. The predicted molar refractivity (Wildman–Crippen MR) is 78.1 cm³/mol. The Kier molecular flexibility index (Phi) is 8.22. The van der Waals surface area contributed by atoms with Gasteiger partial charge in [0.25, 0.3) is 0 Å². The molecule has 0 radical (unpaired) electrons. The lowest BCUT2D eigenvalue weighted by Gasteiger charge is -2.15. The Labute approximate surface area is 125 Å². The van der Waals surface area contributed by atoms with Crippen molar-refractivity contribution in [2.75, 3.05) is 40.6 Å². The maximum Gasteiger partial charge on any atom is 0.131 e. The molecule has 0 saturated carbocycles. The van der Waals surface area contributed by atoms with Crippen molar-refractivity contribution in [2.45, 2.75) is 19.1 Å². The van der Waals surface area contributed by atoms with E-state index in [9.17, 15) is 9.50 Å². The van der Waals surface area contributed by atoms with Gasteiger partial charge in [0.05, 0.1) is 19.8 Å². The summed E-state index contributed by atoms with van der Waals surface area (Å²) in [6.45, 7) is 2.97. The number of ether oxygens (including phenoxy) is 3. The lowest BCUT2D eigenvalue weighted by atomic mass is 10.1. The summed E-state index contributed by atoms with van der Waals surface area (Å²) < 4.78 is 29.2. The number of benzene rings is 1. The van der Waals surface area contributed by atoms with Crippen LogP contribution in [0.4, 0.5) is 4.39 Å². The van der Waals surface area contributed by atoms with E-state index in [-0.39, 0.29) is 25.1 Å². The topological polar surface area (TPSA) is 60.0 Å². The number of hydrogen-bond donors (Lipinski definition) is 2. The second kappa shape index (κ2) is 9.68. The van der Waals surface area contributed by atoms with Gasteiger partial charge in [0.1, 0.15) is 24.3 Å². The molecule has 0 aromatic heterocycles. The maximum atomic E-state index is 13.9.